The second-order valence-corrected chi connectivity index (χ2v) is 9.16. The molecule has 0 spiro atoms. The number of hydrogen-bond donors (Lipinski definition) is 3. The van der Waals surface area contributed by atoms with Crippen molar-refractivity contribution in [1.82, 2.24) is 0 Å². The molecule has 0 bridgehead atoms. The number of cyclic esters (lactones) is 1. The lowest BCUT2D eigenvalue weighted by Gasteiger charge is -2.64. The molecule has 1 aliphatic heterocycles. The summed E-state index contributed by atoms with van der Waals surface area (Å²) in [4.78, 5) is 11.3. The molecule has 3 rings (SSSR count). The molecule has 142 valence electrons. The molecule has 25 heavy (non-hydrogen) atoms. The van der Waals surface area contributed by atoms with Crippen LogP contribution in [-0.2, 0) is 9.53 Å². The first kappa shape index (κ1) is 18.9. The van der Waals surface area contributed by atoms with Gasteiger partial charge in [0.15, 0.2) is 0 Å². The van der Waals surface area contributed by atoms with Crippen molar-refractivity contribution in [1.29, 1.82) is 0 Å². The number of aliphatic hydroxyl groups is 3. The molecule has 0 saturated heterocycles. The van der Waals surface area contributed by atoms with Crippen LogP contribution in [-0.4, -0.2) is 39.3 Å². The first-order valence-electron chi connectivity index (χ1n) is 9.52. The third kappa shape index (κ3) is 2.75. The number of ether oxygens (including phenoxy) is 1. The van der Waals surface area contributed by atoms with Gasteiger partial charge in [-0.15, -0.1) is 0 Å². The predicted molar refractivity (Wildman–Crippen MR) is 93.4 cm³/mol. The van der Waals surface area contributed by atoms with Gasteiger partial charge in [-0.2, -0.15) is 0 Å². The van der Waals surface area contributed by atoms with Gasteiger partial charge in [-0.25, -0.2) is 4.79 Å². The molecule has 3 N–H and O–H groups in total. The van der Waals surface area contributed by atoms with Crippen molar-refractivity contribution in [3.05, 3.63) is 11.6 Å². The Balaban J connectivity index is 1.86. The molecule has 0 amide bonds. The van der Waals surface area contributed by atoms with Crippen LogP contribution in [0.2, 0.25) is 0 Å². The van der Waals surface area contributed by atoms with Gasteiger partial charge in [-0.05, 0) is 62.7 Å². The summed E-state index contributed by atoms with van der Waals surface area (Å²) in [5, 5.41) is 31.4. The Kier molecular flexibility index (Phi) is 4.58. The molecule has 5 heteroatoms. The van der Waals surface area contributed by atoms with Gasteiger partial charge in [0.05, 0.1) is 11.7 Å². The molecule has 7 unspecified atom stereocenters. The lowest BCUT2D eigenvalue weighted by molar-refractivity contribution is -0.235. The number of esters is 1. The lowest BCUT2D eigenvalue weighted by Crippen LogP contribution is -2.65. The molecule has 1 heterocycles. The van der Waals surface area contributed by atoms with Crippen LogP contribution in [0.4, 0.5) is 0 Å². The maximum Gasteiger partial charge on any atom is 0.333 e. The molecule has 3 aliphatic rings. The topological polar surface area (TPSA) is 87.0 Å². The maximum absolute atomic E-state index is 11.3. The van der Waals surface area contributed by atoms with Crippen LogP contribution in [0.1, 0.15) is 66.2 Å². The van der Waals surface area contributed by atoms with Crippen LogP contribution >= 0.6 is 0 Å². The van der Waals surface area contributed by atoms with E-state index in [1.165, 1.54) is 6.08 Å². The van der Waals surface area contributed by atoms with Gasteiger partial charge in [0.2, 0.25) is 6.29 Å². The number of hydrogen-bond acceptors (Lipinski definition) is 5. The van der Waals surface area contributed by atoms with Gasteiger partial charge < -0.3 is 20.1 Å². The summed E-state index contributed by atoms with van der Waals surface area (Å²) < 4.78 is 4.80. The van der Waals surface area contributed by atoms with Gasteiger partial charge in [0, 0.05) is 17.1 Å². The monoisotopic (exact) mass is 352 g/mol. The first-order valence-corrected chi connectivity index (χ1v) is 9.52. The third-order valence-corrected chi connectivity index (χ3v) is 8.12. The van der Waals surface area contributed by atoms with Crippen LogP contribution in [0, 0.1) is 22.7 Å². The van der Waals surface area contributed by atoms with Crippen molar-refractivity contribution in [3.8, 4) is 0 Å². The van der Waals surface area contributed by atoms with Crippen LogP contribution in [0.5, 0.6) is 0 Å². The normalized spacial score (nSPS) is 50.2. The van der Waals surface area contributed by atoms with Crippen molar-refractivity contribution in [2.24, 2.45) is 22.7 Å². The predicted octanol–water partition coefficient (Wildman–Crippen LogP) is 2.53. The van der Waals surface area contributed by atoms with E-state index in [1.54, 1.807) is 6.92 Å². The minimum atomic E-state index is -1.11. The number of fused-ring (bicyclic) bond motifs is 1. The van der Waals surface area contributed by atoms with Gasteiger partial charge in [0.1, 0.15) is 0 Å². The minimum absolute atomic E-state index is 0.0245. The smallest absolute Gasteiger partial charge is 0.333 e. The summed E-state index contributed by atoms with van der Waals surface area (Å²) in [6, 6.07) is 0. The summed E-state index contributed by atoms with van der Waals surface area (Å²) >= 11 is 0. The summed E-state index contributed by atoms with van der Waals surface area (Å²) in [5.74, 6) is 0.295. The molecule has 2 saturated carbocycles. The average Bonchev–Trinajstić information content (AvgIpc) is 2.85. The van der Waals surface area contributed by atoms with Crippen LogP contribution in [0.25, 0.3) is 0 Å². The number of rotatable bonds is 3. The molecule has 0 radical (unpaired) electrons. The summed E-state index contributed by atoms with van der Waals surface area (Å²) in [5.41, 5.74) is -0.805. The molecular formula is C20H32O5. The van der Waals surface area contributed by atoms with E-state index in [1.807, 2.05) is 0 Å². The second-order valence-electron chi connectivity index (χ2n) is 9.16. The quantitative estimate of drug-likeness (QED) is 0.680. The Hall–Kier alpha value is -0.910. The van der Waals surface area contributed by atoms with Crippen LogP contribution in [0.3, 0.4) is 0 Å². The molecule has 2 aliphatic carbocycles. The molecule has 5 nitrogen and oxygen atoms in total. The highest BCUT2D eigenvalue weighted by atomic mass is 16.6. The SMILES string of the molecule is CC1CCC2(C)C(CCC(O)C2(C)O)C1(C)CCC1=CC(=O)OC1O. The highest BCUT2D eigenvalue weighted by Crippen LogP contribution is 2.64. The fourth-order valence-electron chi connectivity index (χ4n) is 5.80. The zero-order chi connectivity index (χ0) is 18.6. The number of carbonyl (C=O) groups excluding carboxylic acids is 1. The Morgan fingerprint density at radius 2 is 1.88 bits per heavy atom. The van der Waals surface area contributed by atoms with E-state index in [9.17, 15) is 20.1 Å². The van der Waals surface area contributed by atoms with E-state index in [4.69, 9.17) is 4.74 Å². The zero-order valence-corrected chi connectivity index (χ0v) is 15.8. The Labute approximate surface area is 150 Å². The van der Waals surface area contributed by atoms with E-state index in [0.29, 0.717) is 24.3 Å². The lowest BCUT2D eigenvalue weighted by atomic mass is 9.43. The summed E-state index contributed by atoms with van der Waals surface area (Å²) in [7, 11) is 0. The molecule has 2 fully saturated rings. The van der Waals surface area contributed by atoms with Gasteiger partial charge >= 0.3 is 5.97 Å². The number of aliphatic hydroxyl groups excluding tert-OH is 2. The van der Waals surface area contributed by atoms with Crippen LogP contribution < -0.4 is 0 Å². The second kappa shape index (κ2) is 6.07. The molecule has 7 atom stereocenters. The van der Waals surface area contributed by atoms with Gasteiger partial charge in [0.25, 0.3) is 0 Å². The van der Waals surface area contributed by atoms with Crippen molar-refractivity contribution in [2.75, 3.05) is 0 Å². The standard InChI is InChI=1S/C20H32O5/c1-12-7-10-19(3)14(5-6-15(21)20(19,4)24)18(12,2)9-8-13-11-16(22)25-17(13)23/h11-12,14-15,17,21,23-24H,5-10H2,1-4H3. The van der Waals surface area contributed by atoms with E-state index < -0.39 is 24.0 Å². The third-order valence-electron chi connectivity index (χ3n) is 8.12. The first-order chi connectivity index (χ1) is 11.5. The molecule has 0 aromatic carbocycles. The van der Waals surface area contributed by atoms with Crippen molar-refractivity contribution < 1.29 is 24.9 Å². The molecule has 0 aromatic rings. The minimum Gasteiger partial charge on any atom is -0.429 e. The van der Waals surface area contributed by atoms with E-state index in [0.717, 1.165) is 25.7 Å². The average molecular weight is 352 g/mol. The molecule has 0 aromatic heterocycles. The van der Waals surface area contributed by atoms with E-state index in [2.05, 4.69) is 20.8 Å². The fraction of sp³-hybridized carbons (Fsp3) is 0.850. The Bertz CT molecular complexity index is 583. The van der Waals surface area contributed by atoms with E-state index in [-0.39, 0.29) is 16.7 Å². The van der Waals surface area contributed by atoms with Crippen LogP contribution in [0.15, 0.2) is 11.6 Å². The van der Waals surface area contributed by atoms with E-state index >= 15 is 0 Å². The van der Waals surface area contributed by atoms with Crippen molar-refractivity contribution >= 4 is 5.97 Å². The Morgan fingerprint density at radius 3 is 2.48 bits per heavy atom. The van der Waals surface area contributed by atoms with Gasteiger partial charge in [-0.3, -0.25) is 0 Å². The molecular weight excluding hydrogens is 320 g/mol. The maximum atomic E-state index is 11.3. The highest BCUT2D eigenvalue weighted by Gasteiger charge is 2.62. The number of carbonyl (C=O) groups is 1. The largest absolute Gasteiger partial charge is 0.429 e. The van der Waals surface area contributed by atoms with Crippen molar-refractivity contribution in [2.45, 2.75) is 84.2 Å². The highest BCUT2D eigenvalue weighted by molar-refractivity contribution is 5.85. The fourth-order valence-corrected chi connectivity index (χ4v) is 5.80. The Morgan fingerprint density at radius 1 is 1.20 bits per heavy atom. The van der Waals surface area contributed by atoms with Crippen molar-refractivity contribution in [3.63, 3.8) is 0 Å². The summed E-state index contributed by atoms with van der Waals surface area (Å²) in [6.45, 7) is 8.45. The zero-order valence-electron chi connectivity index (χ0n) is 15.8. The summed E-state index contributed by atoms with van der Waals surface area (Å²) in [6.07, 6.45) is 4.48. The van der Waals surface area contributed by atoms with Gasteiger partial charge in [-0.1, -0.05) is 20.8 Å².